The standard InChI is InChI=1S/C10H10BrF2NO3/c1-17-8-2-6(10(12)13)5(3-9(15)16)7(4-11)14-8/h2,10H,3-4H2,1H3,(H,15,16). The van der Waals surface area contributed by atoms with Crippen molar-refractivity contribution < 1.29 is 23.4 Å². The van der Waals surface area contributed by atoms with E-state index in [0.29, 0.717) is 0 Å². The Kier molecular flexibility index (Phi) is 4.80. The number of alkyl halides is 3. The van der Waals surface area contributed by atoms with Crippen molar-refractivity contribution in [3.63, 3.8) is 0 Å². The topological polar surface area (TPSA) is 59.4 Å². The van der Waals surface area contributed by atoms with Crippen LogP contribution in [0.4, 0.5) is 8.78 Å². The summed E-state index contributed by atoms with van der Waals surface area (Å²) in [6.45, 7) is 0. The highest BCUT2D eigenvalue weighted by molar-refractivity contribution is 9.08. The number of aliphatic carboxylic acids is 1. The molecule has 1 N–H and O–H groups in total. The molecule has 1 aromatic rings. The van der Waals surface area contributed by atoms with Crippen LogP contribution in [0.3, 0.4) is 0 Å². The van der Waals surface area contributed by atoms with E-state index in [2.05, 4.69) is 20.9 Å². The van der Waals surface area contributed by atoms with Crippen LogP contribution >= 0.6 is 15.9 Å². The summed E-state index contributed by atoms with van der Waals surface area (Å²) in [5.74, 6) is -1.13. The quantitative estimate of drug-likeness (QED) is 0.849. The van der Waals surface area contributed by atoms with Crippen LogP contribution in [0.15, 0.2) is 6.07 Å². The molecule has 0 atom stereocenters. The minimum Gasteiger partial charge on any atom is -0.481 e. The van der Waals surface area contributed by atoms with Gasteiger partial charge in [-0.1, -0.05) is 15.9 Å². The van der Waals surface area contributed by atoms with Crippen molar-refractivity contribution in [2.24, 2.45) is 0 Å². The third-order valence-corrected chi connectivity index (χ3v) is 2.65. The van der Waals surface area contributed by atoms with Crippen LogP contribution in [0, 0.1) is 0 Å². The predicted molar refractivity (Wildman–Crippen MR) is 59.7 cm³/mol. The molecule has 0 saturated heterocycles. The van der Waals surface area contributed by atoms with Crippen LogP contribution in [0.25, 0.3) is 0 Å². The SMILES string of the molecule is COc1cc(C(F)F)c(CC(=O)O)c(CBr)n1. The Balaban J connectivity index is 3.35. The average Bonchev–Trinajstić information content (AvgIpc) is 2.28. The number of pyridine rings is 1. The van der Waals surface area contributed by atoms with Crippen molar-refractivity contribution >= 4 is 21.9 Å². The number of rotatable bonds is 5. The number of nitrogens with zero attached hydrogens (tertiary/aromatic N) is 1. The molecule has 0 radical (unpaired) electrons. The fourth-order valence-electron chi connectivity index (χ4n) is 1.38. The summed E-state index contributed by atoms with van der Waals surface area (Å²) in [6.07, 6.45) is -3.25. The Morgan fingerprint density at radius 3 is 2.71 bits per heavy atom. The number of hydrogen-bond acceptors (Lipinski definition) is 3. The molecule has 0 amide bonds. The number of carboxylic acid groups (broad SMARTS) is 1. The molecule has 0 aliphatic heterocycles. The highest BCUT2D eigenvalue weighted by Gasteiger charge is 2.21. The second kappa shape index (κ2) is 5.90. The lowest BCUT2D eigenvalue weighted by Crippen LogP contribution is -2.09. The lowest BCUT2D eigenvalue weighted by atomic mass is 10.0. The second-order valence-electron chi connectivity index (χ2n) is 3.18. The Bertz CT molecular complexity index is 426. The van der Waals surface area contributed by atoms with E-state index in [-0.39, 0.29) is 28.0 Å². The van der Waals surface area contributed by atoms with E-state index in [9.17, 15) is 13.6 Å². The molecule has 0 saturated carbocycles. The van der Waals surface area contributed by atoms with Crippen LogP contribution in [-0.2, 0) is 16.5 Å². The van der Waals surface area contributed by atoms with Gasteiger partial charge in [0, 0.05) is 17.0 Å². The average molecular weight is 310 g/mol. The van der Waals surface area contributed by atoms with Crippen LogP contribution in [-0.4, -0.2) is 23.2 Å². The van der Waals surface area contributed by atoms with Crippen LogP contribution in [0.1, 0.15) is 23.2 Å². The van der Waals surface area contributed by atoms with Crippen LogP contribution in [0.5, 0.6) is 5.88 Å². The van der Waals surface area contributed by atoms with Gasteiger partial charge in [-0.25, -0.2) is 13.8 Å². The van der Waals surface area contributed by atoms with Gasteiger partial charge in [-0.2, -0.15) is 0 Å². The van der Waals surface area contributed by atoms with Gasteiger partial charge >= 0.3 is 5.97 Å². The molecule has 4 nitrogen and oxygen atoms in total. The van der Waals surface area contributed by atoms with Gasteiger partial charge < -0.3 is 9.84 Å². The van der Waals surface area contributed by atoms with Crippen LogP contribution < -0.4 is 4.74 Å². The van der Waals surface area contributed by atoms with E-state index in [1.165, 1.54) is 7.11 Å². The number of carbonyl (C=O) groups is 1. The number of carboxylic acids is 1. The molecule has 7 heteroatoms. The van der Waals surface area contributed by atoms with Crippen molar-refractivity contribution in [3.8, 4) is 5.88 Å². The summed E-state index contributed by atoms with van der Waals surface area (Å²) < 4.78 is 30.4. The zero-order valence-corrected chi connectivity index (χ0v) is 10.5. The Hall–Kier alpha value is -1.24. The molecule has 1 heterocycles. The van der Waals surface area contributed by atoms with Gasteiger partial charge in [-0.15, -0.1) is 0 Å². The normalized spacial score (nSPS) is 10.6. The Labute approximate surface area is 105 Å². The molecular formula is C10H10BrF2NO3. The zero-order chi connectivity index (χ0) is 13.0. The first-order valence-electron chi connectivity index (χ1n) is 4.62. The maximum Gasteiger partial charge on any atom is 0.307 e. The van der Waals surface area contributed by atoms with Crippen LogP contribution in [0.2, 0.25) is 0 Å². The van der Waals surface area contributed by atoms with E-state index < -0.39 is 18.8 Å². The third kappa shape index (κ3) is 3.36. The fourth-order valence-corrected chi connectivity index (χ4v) is 1.85. The number of hydrogen-bond donors (Lipinski definition) is 1. The minimum atomic E-state index is -2.76. The highest BCUT2D eigenvalue weighted by atomic mass is 79.9. The summed E-state index contributed by atoms with van der Waals surface area (Å²) in [7, 11) is 1.31. The van der Waals surface area contributed by atoms with Crippen molar-refractivity contribution in [1.82, 2.24) is 4.98 Å². The molecule has 0 spiro atoms. The molecule has 0 aliphatic rings. The van der Waals surface area contributed by atoms with E-state index in [1.807, 2.05) is 0 Å². The number of ether oxygens (including phenoxy) is 1. The molecule has 0 fully saturated rings. The van der Waals surface area contributed by atoms with Crippen molar-refractivity contribution in [2.45, 2.75) is 18.2 Å². The highest BCUT2D eigenvalue weighted by Crippen LogP contribution is 2.29. The molecule has 94 valence electrons. The van der Waals surface area contributed by atoms with Gasteiger partial charge in [0.1, 0.15) is 0 Å². The minimum absolute atomic E-state index is 0.0326. The molecule has 1 aromatic heterocycles. The number of aromatic nitrogens is 1. The maximum atomic E-state index is 12.8. The Morgan fingerprint density at radius 2 is 2.29 bits per heavy atom. The van der Waals surface area contributed by atoms with E-state index in [0.717, 1.165) is 6.07 Å². The molecule has 17 heavy (non-hydrogen) atoms. The number of methoxy groups -OCH3 is 1. The van der Waals surface area contributed by atoms with Gasteiger partial charge in [0.25, 0.3) is 6.43 Å². The summed E-state index contributed by atoms with van der Waals surface area (Å²) in [5, 5.41) is 8.89. The van der Waals surface area contributed by atoms with Gasteiger partial charge in [0.15, 0.2) is 0 Å². The largest absolute Gasteiger partial charge is 0.481 e. The van der Waals surface area contributed by atoms with E-state index in [4.69, 9.17) is 9.84 Å². The van der Waals surface area contributed by atoms with E-state index >= 15 is 0 Å². The smallest absolute Gasteiger partial charge is 0.307 e. The second-order valence-corrected chi connectivity index (χ2v) is 3.74. The fraction of sp³-hybridized carbons (Fsp3) is 0.400. The summed E-state index contributed by atoms with van der Waals surface area (Å²) in [6, 6.07) is 1.06. The first kappa shape index (κ1) is 13.8. The van der Waals surface area contributed by atoms with Gasteiger partial charge in [-0.05, 0) is 5.56 Å². The van der Waals surface area contributed by atoms with Crippen molar-refractivity contribution in [3.05, 3.63) is 22.9 Å². The Morgan fingerprint density at radius 1 is 1.65 bits per heavy atom. The van der Waals surface area contributed by atoms with Crippen molar-refractivity contribution in [2.75, 3.05) is 7.11 Å². The zero-order valence-electron chi connectivity index (χ0n) is 8.91. The summed E-state index contributed by atoms with van der Waals surface area (Å²) >= 11 is 3.09. The lowest BCUT2D eigenvalue weighted by Gasteiger charge is -2.12. The first-order valence-corrected chi connectivity index (χ1v) is 5.74. The summed E-state index contributed by atoms with van der Waals surface area (Å²) in [4.78, 5) is 14.6. The maximum absolute atomic E-state index is 12.8. The van der Waals surface area contributed by atoms with Gasteiger partial charge in [0.2, 0.25) is 5.88 Å². The molecule has 0 bridgehead atoms. The van der Waals surface area contributed by atoms with Gasteiger partial charge in [0.05, 0.1) is 19.2 Å². The number of halogens is 3. The third-order valence-electron chi connectivity index (χ3n) is 2.12. The first-order chi connectivity index (χ1) is 7.99. The monoisotopic (exact) mass is 309 g/mol. The summed E-state index contributed by atoms with van der Waals surface area (Å²) in [5.41, 5.74) is -0.0686. The van der Waals surface area contributed by atoms with E-state index in [1.54, 1.807) is 0 Å². The molecule has 0 unspecified atom stereocenters. The molecule has 0 aliphatic carbocycles. The molecular weight excluding hydrogens is 300 g/mol. The lowest BCUT2D eigenvalue weighted by molar-refractivity contribution is -0.136. The molecule has 1 rings (SSSR count). The predicted octanol–water partition coefficient (Wildman–Crippen LogP) is 2.55. The van der Waals surface area contributed by atoms with Gasteiger partial charge in [-0.3, -0.25) is 4.79 Å². The van der Waals surface area contributed by atoms with Crippen molar-refractivity contribution in [1.29, 1.82) is 0 Å². The molecule has 0 aromatic carbocycles.